The van der Waals surface area contributed by atoms with Crippen LogP contribution in [-0.2, 0) is 0 Å². The molecular formula is C14H14BrFN2. The topological polar surface area (TPSA) is 38.0 Å². The molecule has 0 aliphatic carbocycles. The van der Waals surface area contributed by atoms with Gasteiger partial charge < -0.3 is 11.1 Å². The standard InChI is InChI=1S/C14H14BrFN2/c1-8-4-3-5-12(14(8)17)18-13-7-10(15)11(16)6-9(13)2/h3-7,18H,17H2,1-2H3. The van der Waals surface area contributed by atoms with Crippen molar-refractivity contribution >= 4 is 33.0 Å². The Kier molecular flexibility index (Phi) is 3.57. The van der Waals surface area contributed by atoms with Gasteiger partial charge in [0.15, 0.2) is 0 Å². The second-order valence-electron chi connectivity index (χ2n) is 4.24. The van der Waals surface area contributed by atoms with Gasteiger partial charge in [0.25, 0.3) is 0 Å². The summed E-state index contributed by atoms with van der Waals surface area (Å²) in [5, 5.41) is 3.23. The first-order chi connectivity index (χ1) is 8.49. The van der Waals surface area contributed by atoms with Crippen LogP contribution in [-0.4, -0.2) is 0 Å². The largest absolute Gasteiger partial charge is 0.397 e. The minimum absolute atomic E-state index is 0.268. The third kappa shape index (κ3) is 2.48. The Morgan fingerprint density at radius 2 is 1.83 bits per heavy atom. The summed E-state index contributed by atoms with van der Waals surface area (Å²) < 4.78 is 13.8. The van der Waals surface area contributed by atoms with Crippen molar-refractivity contribution in [3.63, 3.8) is 0 Å². The molecule has 0 amide bonds. The van der Waals surface area contributed by atoms with Crippen molar-refractivity contribution in [3.05, 3.63) is 51.7 Å². The van der Waals surface area contributed by atoms with Crippen molar-refractivity contribution in [1.29, 1.82) is 0 Å². The summed E-state index contributed by atoms with van der Waals surface area (Å²) in [7, 11) is 0. The normalized spacial score (nSPS) is 10.4. The Bertz CT molecular complexity index is 597. The number of nitrogens with one attached hydrogen (secondary N) is 1. The quantitative estimate of drug-likeness (QED) is 0.800. The molecule has 2 rings (SSSR count). The second-order valence-corrected chi connectivity index (χ2v) is 5.10. The smallest absolute Gasteiger partial charge is 0.137 e. The molecular weight excluding hydrogens is 295 g/mol. The van der Waals surface area contributed by atoms with Crippen LogP contribution >= 0.6 is 15.9 Å². The summed E-state index contributed by atoms with van der Waals surface area (Å²) in [5.41, 5.74) is 10.2. The summed E-state index contributed by atoms with van der Waals surface area (Å²) in [5.74, 6) is -0.268. The lowest BCUT2D eigenvalue weighted by molar-refractivity contribution is 0.620. The fourth-order valence-corrected chi connectivity index (χ4v) is 2.06. The van der Waals surface area contributed by atoms with Crippen LogP contribution < -0.4 is 11.1 Å². The van der Waals surface area contributed by atoms with Gasteiger partial charge in [-0.2, -0.15) is 0 Å². The number of nitrogen functional groups attached to an aromatic ring is 1. The molecule has 0 heterocycles. The predicted molar refractivity (Wildman–Crippen MR) is 77.7 cm³/mol. The molecule has 4 heteroatoms. The van der Waals surface area contributed by atoms with Crippen molar-refractivity contribution in [2.45, 2.75) is 13.8 Å². The molecule has 0 saturated heterocycles. The van der Waals surface area contributed by atoms with Gasteiger partial charge in [-0.05, 0) is 59.1 Å². The van der Waals surface area contributed by atoms with Crippen LogP contribution in [0.2, 0.25) is 0 Å². The van der Waals surface area contributed by atoms with Crippen LogP contribution in [0.1, 0.15) is 11.1 Å². The maximum absolute atomic E-state index is 13.3. The Morgan fingerprint density at radius 3 is 2.56 bits per heavy atom. The lowest BCUT2D eigenvalue weighted by Gasteiger charge is -2.13. The van der Waals surface area contributed by atoms with E-state index in [1.165, 1.54) is 6.07 Å². The fraction of sp³-hybridized carbons (Fsp3) is 0.143. The molecule has 0 aliphatic heterocycles. The SMILES string of the molecule is Cc1cc(F)c(Br)cc1Nc1cccc(C)c1N. The lowest BCUT2D eigenvalue weighted by Crippen LogP contribution is -2.00. The Labute approximate surface area is 114 Å². The van der Waals surface area contributed by atoms with Gasteiger partial charge >= 0.3 is 0 Å². The zero-order chi connectivity index (χ0) is 13.3. The van der Waals surface area contributed by atoms with Crippen molar-refractivity contribution in [2.24, 2.45) is 0 Å². The summed E-state index contributed by atoms with van der Waals surface area (Å²) in [4.78, 5) is 0. The van der Waals surface area contributed by atoms with Gasteiger partial charge in [0.05, 0.1) is 15.8 Å². The van der Waals surface area contributed by atoms with Crippen LogP contribution in [0.5, 0.6) is 0 Å². The average Bonchev–Trinajstić information content (AvgIpc) is 2.32. The second kappa shape index (κ2) is 4.98. The van der Waals surface area contributed by atoms with E-state index in [2.05, 4.69) is 21.2 Å². The molecule has 0 radical (unpaired) electrons. The number of nitrogens with two attached hydrogens (primary N) is 1. The molecule has 18 heavy (non-hydrogen) atoms. The molecule has 2 aromatic rings. The van der Waals surface area contributed by atoms with Gasteiger partial charge in [-0.1, -0.05) is 12.1 Å². The van der Waals surface area contributed by atoms with Gasteiger partial charge in [-0.3, -0.25) is 0 Å². The summed E-state index contributed by atoms with van der Waals surface area (Å²) in [6.07, 6.45) is 0. The Balaban J connectivity index is 2.40. The number of hydrogen-bond donors (Lipinski definition) is 2. The van der Waals surface area contributed by atoms with E-state index < -0.39 is 0 Å². The molecule has 3 N–H and O–H groups in total. The molecule has 0 spiro atoms. The van der Waals surface area contributed by atoms with Crippen LogP contribution in [0.3, 0.4) is 0 Å². The van der Waals surface area contributed by atoms with Gasteiger partial charge in [0.1, 0.15) is 5.82 Å². The molecule has 0 fully saturated rings. The van der Waals surface area contributed by atoms with Gasteiger partial charge in [-0.15, -0.1) is 0 Å². The number of halogens is 2. The lowest BCUT2D eigenvalue weighted by atomic mass is 10.1. The number of hydrogen-bond acceptors (Lipinski definition) is 2. The monoisotopic (exact) mass is 308 g/mol. The molecule has 0 unspecified atom stereocenters. The van der Waals surface area contributed by atoms with E-state index in [4.69, 9.17) is 5.73 Å². The van der Waals surface area contributed by atoms with Crippen molar-refractivity contribution in [2.75, 3.05) is 11.1 Å². The van der Waals surface area contributed by atoms with E-state index in [0.29, 0.717) is 10.2 Å². The van der Waals surface area contributed by atoms with Gasteiger partial charge in [-0.25, -0.2) is 4.39 Å². The molecule has 0 atom stereocenters. The highest BCUT2D eigenvalue weighted by atomic mass is 79.9. The summed E-state index contributed by atoms with van der Waals surface area (Å²) in [6, 6.07) is 8.99. The number of para-hydroxylation sites is 1. The minimum Gasteiger partial charge on any atom is -0.397 e. The first-order valence-electron chi connectivity index (χ1n) is 5.57. The van der Waals surface area contributed by atoms with E-state index in [0.717, 1.165) is 22.5 Å². The number of aryl methyl sites for hydroxylation is 2. The minimum atomic E-state index is -0.268. The highest BCUT2D eigenvalue weighted by molar-refractivity contribution is 9.10. The third-order valence-electron chi connectivity index (χ3n) is 2.86. The number of benzene rings is 2. The van der Waals surface area contributed by atoms with Crippen LogP contribution in [0, 0.1) is 19.7 Å². The summed E-state index contributed by atoms with van der Waals surface area (Å²) >= 11 is 3.18. The fourth-order valence-electron chi connectivity index (χ4n) is 1.72. The van der Waals surface area contributed by atoms with E-state index >= 15 is 0 Å². The molecule has 0 aromatic heterocycles. The molecule has 0 aliphatic rings. The molecule has 94 valence electrons. The van der Waals surface area contributed by atoms with Crippen molar-refractivity contribution in [1.82, 2.24) is 0 Å². The van der Waals surface area contributed by atoms with Crippen molar-refractivity contribution < 1.29 is 4.39 Å². The molecule has 0 bridgehead atoms. The zero-order valence-electron chi connectivity index (χ0n) is 10.2. The van der Waals surface area contributed by atoms with Crippen LogP contribution in [0.4, 0.5) is 21.5 Å². The molecule has 0 saturated carbocycles. The van der Waals surface area contributed by atoms with Gasteiger partial charge in [0, 0.05) is 5.69 Å². The van der Waals surface area contributed by atoms with E-state index in [-0.39, 0.29) is 5.82 Å². The van der Waals surface area contributed by atoms with E-state index in [9.17, 15) is 4.39 Å². The first kappa shape index (κ1) is 12.9. The Morgan fingerprint density at radius 1 is 1.11 bits per heavy atom. The van der Waals surface area contributed by atoms with Crippen LogP contribution in [0.25, 0.3) is 0 Å². The van der Waals surface area contributed by atoms with E-state index in [1.807, 2.05) is 32.0 Å². The Hall–Kier alpha value is -1.55. The first-order valence-corrected chi connectivity index (χ1v) is 6.36. The number of rotatable bonds is 2. The number of anilines is 3. The van der Waals surface area contributed by atoms with Crippen molar-refractivity contribution in [3.8, 4) is 0 Å². The predicted octanol–water partition coefficient (Wildman–Crippen LogP) is 4.53. The third-order valence-corrected chi connectivity index (χ3v) is 3.47. The molecule has 2 nitrogen and oxygen atoms in total. The maximum atomic E-state index is 13.3. The highest BCUT2D eigenvalue weighted by Gasteiger charge is 2.07. The zero-order valence-corrected chi connectivity index (χ0v) is 11.8. The van der Waals surface area contributed by atoms with Crippen LogP contribution in [0.15, 0.2) is 34.8 Å². The highest BCUT2D eigenvalue weighted by Crippen LogP contribution is 2.30. The maximum Gasteiger partial charge on any atom is 0.137 e. The average molecular weight is 309 g/mol. The summed E-state index contributed by atoms with van der Waals surface area (Å²) in [6.45, 7) is 3.80. The van der Waals surface area contributed by atoms with Gasteiger partial charge in [0.2, 0.25) is 0 Å². The molecule has 2 aromatic carbocycles. The van der Waals surface area contributed by atoms with E-state index in [1.54, 1.807) is 6.07 Å².